The number of piperidine rings is 2. The van der Waals surface area contributed by atoms with Crippen molar-refractivity contribution in [2.24, 2.45) is 11.8 Å². The van der Waals surface area contributed by atoms with Crippen LogP contribution in [0.5, 0.6) is 0 Å². The minimum Gasteiger partial charge on any atom is -0.360 e. The number of hydrogen-bond donors (Lipinski definition) is 3. The first-order valence-corrected chi connectivity index (χ1v) is 15.1. The lowest BCUT2D eigenvalue weighted by Gasteiger charge is -2.35. The highest BCUT2D eigenvalue weighted by Gasteiger charge is 2.25. The predicted octanol–water partition coefficient (Wildman–Crippen LogP) is 5.26. The lowest BCUT2D eigenvalue weighted by atomic mass is 9.90. The summed E-state index contributed by atoms with van der Waals surface area (Å²) in [5, 5.41) is 8.78. The number of para-hydroxylation sites is 1. The van der Waals surface area contributed by atoms with Crippen LogP contribution in [0.4, 0.5) is 5.95 Å². The van der Waals surface area contributed by atoms with Crippen molar-refractivity contribution in [1.29, 1.82) is 0 Å². The summed E-state index contributed by atoms with van der Waals surface area (Å²) in [6.07, 6.45) is 13.0. The average molecular weight is 536 g/mol. The van der Waals surface area contributed by atoms with Gasteiger partial charge in [0.15, 0.2) is 0 Å². The van der Waals surface area contributed by atoms with Crippen molar-refractivity contribution in [3.8, 4) is 11.3 Å². The van der Waals surface area contributed by atoms with Gasteiger partial charge in [-0.05, 0) is 95.6 Å². The highest BCUT2D eigenvalue weighted by atomic mass is 35.5. The van der Waals surface area contributed by atoms with Gasteiger partial charge in [-0.15, -0.1) is 0 Å². The molecule has 3 aromatic rings. The number of halogens is 1. The van der Waals surface area contributed by atoms with E-state index in [1.54, 1.807) is 6.20 Å². The monoisotopic (exact) mass is 535 g/mol. The molecule has 1 unspecified atom stereocenters. The summed E-state index contributed by atoms with van der Waals surface area (Å²) in [5.74, 6) is 2.50. The van der Waals surface area contributed by atoms with E-state index in [-0.39, 0.29) is 0 Å². The maximum atomic E-state index is 6.52. The van der Waals surface area contributed by atoms with Crippen LogP contribution in [0.25, 0.3) is 22.2 Å². The molecule has 3 fully saturated rings. The zero-order chi connectivity index (χ0) is 25.7. The molecule has 0 saturated carbocycles. The molecular weight excluding hydrogens is 494 g/mol. The van der Waals surface area contributed by atoms with E-state index < -0.39 is 0 Å². The fourth-order valence-electron chi connectivity index (χ4n) is 6.72. The second-order valence-corrected chi connectivity index (χ2v) is 12.1. The Labute approximate surface area is 231 Å². The summed E-state index contributed by atoms with van der Waals surface area (Å²) in [5.41, 5.74) is 2.88. The zero-order valence-corrected chi connectivity index (χ0v) is 23.2. The Morgan fingerprint density at radius 3 is 2.66 bits per heavy atom. The number of rotatable bonds is 9. The lowest BCUT2D eigenvalue weighted by Crippen LogP contribution is -2.40. The van der Waals surface area contributed by atoms with Crippen LogP contribution in [-0.2, 0) is 0 Å². The van der Waals surface area contributed by atoms with Crippen molar-refractivity contribution >= 4 is 28.5 Å². The number of nitrogens with one attached hydrogen (secondary N) is 3. The maximum absolute atomic E-state index is 6.52. The Bertz CT molecular complexity index is 1180. The molecule has 0 spiro atoms. The van der Waals surface area contributed by atoms with Crippen molar-refractivity contribution in [2.75, 3.05) is 57.7 Å². The van der Waals surface area contributed by atoms with E-state index in [1.807, 2.05) is 18.3 Å². The molecule has 3 aliphatic heterocycles. The average Bonchev–Trinajstić information content (AvgIpc) is 3.58. The van der Waals surface area contributed by atoms with Gasteiger partial charge in [-0.2, -0.15) is 0 Å². The minimum absolute atomic E-state index is 0.380. The van der Waals surface area contributed by atoms with Gasteiger partial charge in [0.05, 0.1) is 16.9 Å². The zero-order valence-electron chi connectivity index (χ0n) is 22.5. The lowest BCUT2D eigenvalue weighted by molar-refractivity contribution is 0.142. The molecule has 3 saturated heterocycles. The molecule has 8 heteroatoms. The molecule has 5 heterocycles. The van der Waals surface area contributed by atoms with Gasteiger partial charge in [0, 0.05) is 48.3 Å². The maximum Gasteiger partial charge on any atom is 0.223 e. The summed E-state index contributed by atoms with van der Waals surface area (Å²) >= 11 is 6.52. The van der Waals surface area contributed by atoms with E-state index in [0.29, 0.717) is 17.0 Å². The Hall–Kier alpha value is -2.19. The smallest absolute Gasteiger partial charge is 0.223 e. The van der Waals surface area contributed by atoms with Gasteiger partial charge in [-0.3, -0.25) is 0 Å². The second kappa shape index (κ2) is 12.3. The van der Waals surface area contributed by atoms with E-state index in [2.05, 4.69) is 42.5 Å². The van der Waals surface area contributed by atoms with Crippen molar-refractivity contribution in [3.63, 3.8) is 0 Å². The SMILES string of the molecule is Clc1cnc(NC2CCN(CCCC3CCN(CC4CCNCC4)CC3)C2)nc1-c1c[nH]c2ccccc12. The highest BCUT2D eigenvalue weighted by molar-refractivity contribution is 6.33. The summed E-state index contributed by atoms with van der Waals surface area (Å²) in [4.78, 5) is 18.0. The Kier molecular flexibility index (Phi) is 8.45. The molecule has 0 amide bonds. The van der Waals surface area contributed by atoms with Crippen molar-refractivity contribution in [2.45, 2.75) is 51.0 Å². The van der Waals surface area contributed by atoms with Gasteiger partial charge in [0.1, 0.15) is 0 Å². The molecule has 6 rings (SSSR count). The fraction of sp³-hybridized carbons (Fsp3) is 0.600. The quantitative estimate of drug-likeness (QED) is 0.347. The van der Waals surface area contributed by atoms with Crippen LogP contribution in [0.2, 0.25) is 5.02 Å². The van der Waals surface area contributed by atoms with Crippen LogP contribution >= 0.6 is 11.6 Å². The van der Waals surface area contributed by atoms with E-state index in [0.717, 1.165) is 53.5 Å². The predicted molar refractivity (Wildman–Crippen MR) is 157 cm³/mol. The normalized spacial score (nSPS) is 22.4. The second-order valence-electron chi connectivity index (χ2n) is 11.6. The van der Waals surface area contributed by atoms with E-state index >= 15 is 0 Å². The number of aromatic nitrogens is 3. The third-order valence-corrected chi connectivity index (χ3v) is 9.24. The Morgan fingerprint density at radius 1 is 0.974 bits per heavy atom. The van der Waals surface area contributed by atoms with E-state index in [4.69, 9.17) is 16.6 Å². The third-order valence-electron chi connectivity index (χ3n) is 8.96. The van der Waals surface area contributed by atoms with Gasteiger partial charge in [-0.25, -0.2) is 9.97 Å². The first-order valence-electron chi connectivity index (χ1n) is 14.7. The number of fused-ring (bicyclic) bond motifs is 1. The van der Waals surface area contributed by atoms with Crippen LogP contribution in [0, 0.1) is 11.8 Å². The number of hydrogen-bond acceptors (Lipinski definition) is 6. The summed E-state index contributed by atoms with van der Waals surface area (Å²) in [6, 6.07) is 8.62. The molecule has 0 bridgehead atoms. The van der Waals surface area contributed by atoms with Crippen LogP contribution in [0.1, 0.15) is 44.9 Å². The van der Waals surface area contributed by atoms with Crippen molar-refractivity contribution < 1.29 is 0 Å². The number of aromatic amines is 1. The van der Waals surface area contributed by atoms with Gasteiger partial charge < -0.3 is 25.4 Å². The molecule has 3 aliphatic rings. The van der Waals surface area contributed by atoms with Crippen LogP contribution in [0.15, 0.2) is 36.7 Å². The molecular formula is C30H42ClN7. The number of anilines is 1. The molecule has 1 aromatic carbocycles. The molecule has 204 valence electrons. The van der Waals surface area contributed by atoms with Crippen molar-refractivity contribution in [1.82, 2.24) is 30.1 Å². The first-order chi connectivity index (χ1) is 18.7. The van der Waals surface area contributed by atoms with E-state index in [1.165, 1.54) is 77.8 Å². The number of nitrogens with zero attached hydrogens (tertiary/aromatic N) is 4. The van der Waals surface area contributed by atoms with Crippen LogP contribution < -0.4 is 10.6 Å². The van der Waals surface area contributed by atoms with Crippen molar-refractivity contribution in [3.05, 3.63) is 41.7 Å². The Balaban J connectivity index is 0.938. The minimum atomic E-state index is 0.380. The van der Waals surface area contributed by atoms with Crippen LogP contribution in [0.3, 0.4) is 0 Å². The summed E-state index contributed by atoms with van der Waals surface area (Å²) < 4.78 is 0. The highest BCUT2D eigenvalue weighted by Crippen LogP contribution is 2.32. The summed E-state index contributed by atoms with van der Waals surface area (Å²) in [6.45, 7) is 9.79. The Morgan fingerprint density at radius 2 is 1.79 bits per heavy atom. The standard InChI is InChI=1S/C30H42ClN7/c31-27-19-34-30(36-29(27)26-18-33-28-6-2-1-5-25(26)28)35-24-11-17-37(21-24)14-3-4-22-9-15-38(16-10-22)20-23-7-12-32-13-8-23/h1-2,5-6,18-19,22-24,32-33H,3-4,7-17,20-21H2,(H,34,35,36). The first kappa shape index (κ1) is 26.1. The van der Waals surface area contributed by atoms with Gasteiger partial charge in [0.2, 0.25) is 5.95 Å². The van der Waals surface area contributed by atoms with Gasteiger partial charge >= 0.3 is 0 Å². The van der Waals surface area contributed by atoms with Gasteiger partial charge in [0.25, 0.3) is 0 Å². The molecule has 3 N–H and O–H groups in total. The fourth-order valence-corrected chi connectivity index (χ4v) is 6.91. The molecule has 7 nitrogen and oxygen atoms in total. The molecule has 0 radical (unpaired) electrons. The molecule has 1 atom stereocenters. The molecule has 2 aromatic heterocycles. The molecule has 0 aliphatic carbocycles. The van der Waals surface area contributed by atoms with Gasteiger partial charge in [-0.1, -0.05) is 29.8 Å². The third kappa shape index (κ3) is 6.33. The van der Waals surface area contributed by atoms with Crippen LogP contribution in [-0.4, -0.2) is 83.2 Å². The number of benzene rings is 1. The number of H-pyrrole nitrogens is 1. The topological polar surface area (TPSA) is 72.1 Å². The largest absolute Gasteiger partial charge is 0.360 e. The summed E-state index contributed by atoms with van der Waals surface area (Å²) in [7, 11) is 0. The number of likely N-dealkylation sites (tertiary alicyclic amines) is 2. The van der Waals surface area contributed by atoms with E-state index in [9.17, 15) is 0 Å². The molecule has 38 heavy (non-hydrogen) atoms.